The van der Waals surface area contributed by atoms with Gasteiger partial charge >= 0.3 is 0 Å². The van der Waals surface area contributed by atoms with E-state index in [2.05, 4.69) is 15.9 Å². The first-order valence-electron chi connectivity index (χ1n) is 4.29. The van der Waals surface area contributed by atoms with E-state index in [-0.39, 0.29) is 11.9 Å². The molecular weight excluding hydrogens is 244 g/mol. The number of hydrogen-bond donors (Lipinski definition) is 2. The van der Waals surface area contributed by atoms with Gasteiger partial charge in [-0.05, 0) is 24.6 Å². The lowest BCUT2D eigenvalue weighted by atomic mass is 10.2. The van der Waals surface area contributed by atoms with Crippen LogP contribution < -0.4 is 5.73 Å². The average Bonchev–Trinajstić information content (AvgIpc) is 2.14. The molecule has 0 fully saturated rings. The fraction of sp³-hybridized carbons (Fsp3) is 0.300. The molecule has 0 radical (unpaired) electrons. The second-order valence-corrected chi connectivity index (χ2v) is 3.95. The first-order chi connectivity index (χ1) is 6.59. The minimum atomic E-state index is -0.325. The summed E-state index contributed by atoms with van der Waals surface area (Å²) in [5.41, 5.74) is 6.34. The maximum absolute atomic E-state index is 7.15. The van der Waals surface area contributed by atoms with Crippen molar-refractivity contribution in [1.82, 2.24) is 0 Å². The number of benzene rings is 1. The van der Waals surface area contributed by atoms with E-state index in [1.165, 1.54) is 0 Å². The molecule has 4 heteroatoms. The van der Waals surface area contributed by atoms with Gasteiger partial charge in [-0.15, -0.1) is 0 Å². The van der Waals surface area contributed by atoms with Crippen molar-refractivity contribution in [3.05, 3.63) is 34.3 Å². The molecule has 76 valence electrons. The van der Waals surface area contributed by atoms with E-state index in [0.29, 0.717) is 6.61 Å². The first kappa shape index (κ1) is 11.2. The summed E-state index contributed by atoms with van der Waals surface area (Å²) in [4.78, 5) is 0. The molecule has 1 rings (SSSR count). The van der Waals surface area contributed by atoms with Crippen LogP contribution >= 0.6 is 15.9 Å². The minimum Gasteiger partial charge on any atom is -0.385 e. The molecule has 0 spiro atoms. The molecule has 0 aliphatic heterocycles. The highest BCUT2D eigenvalue weighted by atomic mass is 79.9. The summed E-state index contributed by atoms with van der Waals surface area (Å²) in [6.07, 6.45) is -0.325. The van der Waals surface area contributed by atoms with Gasteiger partial charge < -0.3 is 10.5 Å². The number of ether oxygens (including phenoxy) is 1. The third-order valence-corrected chi connectivity index (χ3v) is 2.32. The topological polar surface area (TPSA) is 59.1 Å². The van der Waals surface area contributed by atoms with Crippen molar-refractivity contribution < 1.29 is 4.74 Å². The van der Waals surface area contributed by atoms with Gasteiger partial charge in [0.15, 0.2) is 0 Å². The zero-order valence-electron chi connectivity index (χ0n) is 7.96. The van der Waals surface area contributed by atoms with Crippen LogP contribution in [-0.4, -0.2) is 11.9 Å². The van der Waals surface area contributed by atoms with Gasteiger partial charge in [-0.3, -0.25) is 5.41 Å². The number of rotatable bonds is 4. The van der Waals surface area contributed by atoms with Gasteiger partial charge in [0.05, 0.1) is 6.61 Å². The first-order valence-corrected chi connectivity index (χ1v) is 5.09. The van der Waals surface area contributed by atoms with E-state index in [9.17, 15) is 0 Å². The van der Waals surface area contributed by atoms with E-state index in [4.69, 9.17) is 15.9 Å². The van der Waals surface area contributed by atoms with Crippen LogP contribution in [0.4, 0.5) is 0 Å². The molecule has 0 bridgehead atoms. The lowest BCUT2D eigenvalue weighted by molar-refractivity contribution is 0.0948. The second-order valence-electron chi connectivity index (χ2n) is 3.04. The molecule has 0 aliphatic carbocycles. The largest absolute Gasteiger partial charge is 0.385 e. The molecule has 1 atom stereocenters. The Balaban J connectivity index is 2.49. The lowest BCUT2D eigenvalue weighted by Gasteiger charge is -2.11. The standard InChI is InChI=1S/C10H13BrN2O/c1-7(10(12)13)14-6-8-3-2-4-9(11)5-8/h2-5,7H,6H2,1H3,(H3,12,13). The van der Waals surface area contributed by atoms with Gasteiger partial charge in [-0.25, -0.2) is 0 Å². The number of nitrogens with one attached hydrogen (secondary N) is 1. The monoisotopic (exact) mass is 256 g/mol. The Hall–Kier alpha value is -0.870. The van der Waals surface area contributed by atoms with Gasteiger partial charge in [0, 0.05) is 4.47 Å². The lowest BCUT2D eigenvalue weighted by Crippen LogP contribution is -2.27. The molecule has 3 nitrogen and oxygen atoms in total. The van der Waals surface area contributed by atoms with E-state index >= 15 is 0 Å². The van der Waals surface area contributed by atoms with Gasteiger partial charge in [-0.2, -0.15) is 0 Å². The van der Waals surface area contributed by atoms with Crippen LogP contribution in [0.3, 0.4) is 0 Å². The fourth-order valence-corrected chi connectivity index (χ4v) is 1.38. The maximum atomic E-state index is 7.15. The molecule has 0 saturated carbocycles. The normalized spacial score (nSPS) is 12.4. The Kier molecular flexibility index (Phi) is 4.10. The van der Waals surface area contributed by atoms with E-state index < -0.39 is 0 Å². The fourth-order valence-electron chi connectivity index (χ4n) is 0.938. The summed E-state index contributed by atoms with van der Waals surface area (Å²) in [5, 5.41) is 7.15. The summed E-state index contributed by atoms with van der Waals surface area (Å²) in [7, 11) is 0. The Bertz CT molecular complexity index is 328. The predicted octanol–water partition coefficient (Wildman–Crippen LogP) is 2.29. The van der Waals surface area contributed by atoms with Crippen molar-refractivity contribution in [3.8, 4) is 0 Å². The highest BCUT2D eigenvalue weighted by Crippen LogP contribution is 2.12. The Labute approximate surface area is 91.9 Å². The summed E-state index contributed by atoms with van der Waals surface area (Å²) in [5.74, 6) is 0.0556. The molecule has 1 unspecified atom stereocenters. The molecule has 3 N–H and O–H groups in total. The smallest absolute Gasteiger partial charge is 0.120 e. The molecule has 0 amide bonds. The van der Waals surface area contributed by atoms with Crippen LogP contribution in [0.5, 0.6) is 0 Å². The highest BCUT2D eigenvalue weighted by Gasteiger charge is 2.04. The van der Waals surface area contributed by atoms with Crippen LogP contribution in [0, 0.1) is 5.41 Å². The van der Waals surface area contributed by atoms with Crippen LogP contribution in [0.25, 0.3) is 0 Å². The molecule has 14 heavy (non-hydrogen) atoms. The summed E-state index contributed by atoms with van der Waals surface area (Å²) in [6.45, 7) is 2.24. The van der Waals surface area contributed by atoms with Crippen molar-refractivity contribution in [2.45, 2.75) is 19.6 Å². The third kappa shape index (κ3) is 3.47. The summed E-state index contributed by atoms with van der Waals surface area (Å²) >= 11 is 3.38. The van der Waals surface area contributed by atoms with E-state index in [1.54, 1.807) is 6.92 Å². The zero-order valence-corrected chi connectivity index (χ0v) is 9.54. The number of halogens is 1. The van der Waals surface area contributed by atoms with Crippen LogP contribution in [0.1, 0.15) is 12.5 Å². The molecule has 1 aromatic carbocycles. The second kappa shape index (κ2) is 5.12. The van der Waals surface area contributed by atoms with E-state index in [1.807, 2.05) is 24.3 Å². The SMILES string of the molecule is CC(OCc1cccc(Br)c1)C(=N)N. The van der Waals surface area contributed by atoms with Crippen molar-refractivity contribution in [2.24, 2.45) is 5.73 Å². The maximum Gasteiger partial charge on any atom is 0.120 e. The van der Waals surface area contributed by atoms with Crippen molar-refractivity contribution in [3.63, 3.8) is 0 Å². The Morgan fingerprint density at radius 2 is 2.36 bits per heavy atom. The average molecular weight is 257 g/mol. The molecule has 0 aromatic heterocycles. The van der Waals surface area contributed by atoms with Crippen molar-refractivity contribution >= 4 is 21.8 Å². The predicted molar refractivity (Wildman–Crippen MR) is 60.3 cm³/mol. The number of nitrogens with two attached hydrogens (primary N) is 1. The molecule has 1 aromatic rings. The molecule has 0 saturated heterocycles. The summed E-state index contributed by atoms with van der Waals surface area (Å²) in [6, 6.07) is 7.85. The third-order valence-electron chi connectivity index (χ3n) is 1.83. The number of amidine groups is 1. The van der Waals surface area contributed by atoms with Crippen LogP contribution in [0.15, 0.2) is 28.7 Å². The van der Waals surface area contributed by atoms with Crippen molar-refractivity contribution in [1.29, 1.82) is 5.41 Å². The minimum absolute atomic E-state index is 0.0556. The van der Waals surface area contributed by atoms with E-state index in [0.717, 1.165) is 10.0 Å². The highest BCUT2D eigenvalue weighted by molar-refractivity contribution is 9.10. The van der Waals surface area contributed by atoms with Gasteiger partial charge in [0.25, 0.3) is 0 Å². The Morgan fingerprint density at radius 1 is 1.64 bits per heavy atom. The quantitative estimate of drug-likeness (QED) is 0.642. The Morgan fingerprint density at radius 3 is 2.93 bits per heavy atom. The molecular formula is C10H13BrN2O. The summed E-state index contributed by atoms with van der Waals surface area (Å²) < 4.78 is 6.40. The van der Waals surface area contributed by atoms with Crippen LogP contribution in [-0.2, 0) is 11.3 Å². The van der Waals surface area contributed by atoms with Gasteiger partial charge in [0.2, 0.25) is 0 Å². The molecule has 0 aliphatic rings. The van der Waals surface area contributed by atoms with Gasteiger partial charge in [0.1, 0.15) is 11.9 Å². The van der Waals surface area contributed by atoms with Crippen molar-refractivity contribution in [2.75, 3.05) is 0 Å². The molecule has 0 heterocycles. The van der Waals surface area contributed by atoms with Crippen LogP contribution in [0.2, 0.25) is 0 Å². The zero-order chi connectivity index (χ0) is 10.6. The van der Waals surface area contributed by atoms with Gasteiger partial charge in [-0.1, -0.05) is 28.1 Å². The number of hydrogen-bond acceptors (Lipinski definition) is 2.